The topological polar surface area (TPSA) is 163 Å². The van der Waals surface area contributed by atoms with E-state index in [1.165, 1.54) is 21.1 Å². The first-order valence-corrected chi connectivity index (χ1v) is 21.8. The van der Waals surface area contributed by atoms with Gasteiger partial charge >= 0.3 is 17.9 Å². The first-order chi connectivity index (χ1) is 29.2. The third-order valence-electron chi connectivity index (χ3n) is 15.6. The number of H-pyrrole nitrogens is 1. The first kappa shape index (κ1) is 41.9. The number of aliphatic hydroxyl groups is 2. The molecule has 2 bridgehead atoms. The molecule has 61 heavy (non-hydrogen) atoms. The minimum absolute atomic E-state index is 0.105. The Morgan fingerprint density at radius 2 is 1.77 bits per heavy atom. The molecule has 1 aliphatic carbocycles. The molecule has 2 aromatic carbocycles. The van der Waals surface area contributed by atoms with Crippen LogP contribution in [0.4, 0.5) is 5.69 Å². The zero-order chi connectivity index (χ0) is 43.3. The summed E-state index contributed by atoms with van der Waals surface area (Å²) in [5.74, 6) is -3.84. The van der Waals surface area contributed by atoms with Crippen molar-refractivity contribution >= 4 is 34.5 Å². The van der Waals surface area contributed by atoms with Gasteiger partial charge in [0.2, 0.25) is 0 Å². The van der Waals surface area contributed by atoms with Crippen LogP contribution in [0.3, 0.4) is 0 Å². The molecule has 6 heterocycles. The predicted octanol–water partition coefficient (Wildman–Crippen LogP) is 3.97. The molecule has 3 fully saturated rings. The molecule has 328 valence electrons. The second-order valence-corrected chi connectivity index (χ2v) is 18.5. The number of aromatic nitrogens is 1. The van der Waals surface area contributed by atoms with E-state index in [0.717, 1.165) is 33.4 Å². The van der Waals surface area contributed by atoms with E-state index in [1.807, 2.05) is 56.1 Å². The SMILES string of the molecule is CC[C@]1(O)CC2CN(CCc3c([nH]c4ccccc34)[C@](C(=O)OC)(c3cc4c(cc3OC)N(C)C3C45CCN4CC=C[C@](CC)(C45)[C@@H](OC(=O)COC)[C@]3(O)OC(C)=O)C2)C1. The number of fused-ring (bicyclic) bond motifs is 6. The normalized spacial score (nSPS) is 36.1. The van der Waals surface area contributed by atoms with Gasteiger partial charge in [-0.05, 0) is 74.2 Å². The molecule has 1 saturated carbocycles. The van der Waals surface area contributed by atoms with Crippen LogP contribution in [-0.2, 0) is 50.6 Å². The van der Waals surface area contributed by atoms with E-state index in [-0.39, 0.29) is 18.6 Å². The zero-order valence-corrected chi connectivity index (χ0v) is 36.4. The molecule has 3 aromatic rings. The van der Waals surface area contributed by atoms with Gasteiger partial charge in [0.05, 0.1) is 19.8 Å². The van der Waals surface area contributed by atoms with Crippen molar-refractivity contribution < 1.29 is 48.3 Å². The number of para-hydroxylation sites is 1. The van der Waals surface area contributed by atoms with Crippen LogP contribution < -0.4 is 9.64 Å². The maximum absolute atomic E-state index is 15.4. The summed E-state index contributed by atoms with van der Waals surface area (Å²) in [7, 11) is 6.30. The van der Waals surface area contributed by atoms with Gasteiger partial charge in [-0.15, -0.1) is 0 Å². The van der Waals surface area contributed by atoms with Crippen molar-refractivity contribution in [3.05, 3.63) is 70.9 Å². The van der Waals surface area contributed by atoms with Crippen LogP contribution >= 0.6 is 0 Å². The molecule has 6 aliphatic rings. The Hall–Kier alpha value is -4.47. The third-order valence-corrected chi connectivity index (χ3v) is 15.6. The number of esters is 3. The number of nitrogens with zero attached hydrogens (tertiary/aromatic N) is 3. The highest BCUT2D eigenvalue weighted by Crippen LogP contribution is 2.68. The van der Waals surface area contributed by atoms with Crippen molar-refractivity contribution in [1.29, 1.82) is 0 Å². The van der Waals surface area contributed by atoms with E-state index in [9.17, 15) is 19.8 Å². The van der Waals surface area contributed by atoms with E-state index < -0.39 is 57.7 Å². The van der Waals surface area contributed by atoms with E-state index >= 15 is 4.79 Å². The molecule has 10 atom stereocenters. The number of ether oxygens (including phenoxy) is 5. The number of carbonyl (C=O) groups excluding carboxylic acids is 3. The van der Waals surface area contributed by atoms with Crippen LogP contribution in [0, 0.1) is 11.3 Å². The van der Waals surface area contributed by atoms with E-state index in [1.54, 1.807) is 7.11 Å². The minimum atomic E-state index is -2.33. The molecule has 5 aliphatic heterocycles. The number of likely N-dealkylation sites (N-methyl/N-ethyl adjacent to an activating group) is 1. The summed E-state index contributed by atoms with van der Waals surface area (Å²) in [6.45, 7) is 8.18. The Labute approximate surface area is 357 Å². The van der Waals surface area contributed by atoms with Gasteiger partial charge in [-0.25, -0.2) is 4.79 Å². The second-order valence-electron chi connectivity index (χ2n) is 18.5. The van der Waals surface area contributed by atoms with Crippen LogP contribution in [0.5, 0.6) is 5.75 Å². The smallest absolute Gasteiger partial charge is 0.332 e. The van der Waals surface area contributed by atoms with Crippen LogP contribution in [0.15, 0.2) is 48.6 Å². The number of piperidine rings is 1. The molecule has 5 unspecified atom stereocenters. The molecule has 0 radical (unpaired) electrons. The molecule has 14 heteroatoms. The average Bonchev–Trinajstić information content (AvgIpc) is 3.90. The molecule has 0 amide bonds. The first-order valence-electron chi connectivity index (χ1n) is 21.8. The molecule has 1 aromatic heterocycles. The molecule has 2 saturated heterocycles. The van der Waals surface area contributed by atoms with Crippen molar-refractivity contribution in [1.82, 2.24) is 14.8 Å². The Balaban J connectivity index is 1.34. The summed E-state index contributed by atoms with van der Waals surface area (Å²) in [6, 6.07) is 10.9. The standard InChI is InChI=1S/C47H60N4O10/c1-8-43(55)23-29-24-46(42(54)59-7,38-31(15-19-50(25-29)27-43)30-13-10-11-14-34(30)48-38)33-21-32-35(22-36(33)58-6)49(4)40-45(32)17-20-51-18-12-16-44(9-2,39(45)51)41(60-37(53)26-57-5)47(40,56)61-28(3)52/h10-14,16,21-22,29,39-41,48,55-56H,8-9,15,17-20,23-27H2,1-7H3/t29?,39?,40?,41-,43+,44-,45?,46-,47-/m1/s1. The maximum Gasteiger partial charge on any atom is 0.332 e. The highest BCUT2D eigenvalue weighted by molar-refractivity contribution is 5.94. The fraction of sp³-hybridized carbons (Fsp3) is 0.596. The fourth-order valence-electron chi connectivity index (χ4n) is 13.5. The Morgan fingerprint density at radius 1 is 0.984 bits per heavy atom. The van der Waals surface area contributed by atoms with Gasteiger partial charge in [-0.2, -0.15) is 0 Å². The summed E-state index contributed by atoms with van der Waals surface area (Å²) in [4.78, 5) is 52.5. The highest BCUT2D eigenvalue weighted by atomic mass is 16.7. The number of methoxy groups -OCH3 is 3. The van der Waals surface area contributed by atoms with Gasteiger partial charge < -0.3 is 43.8 Å². The molecule has 9 rings (SSSR count). The van der Waals surface area contributed by atoms with Crippen molar-refractivity contribution in [3.8, 4) is 5.75 Å². The summed E-state index contributed by atoms with van der Waals surface area (Å²) >= 11 is 0. The zero-order valence-electron chi connectivity index (χ0n) is 36.4. The number of hydrogen-bond donors (Lipinski definition) is 3. The monoisotopic (exact) mass is 840 g/mol. The summed E-state index contributed by atoms with van der Waals surface area (Å²) in [5, 5.41) is 26.4. The van der Waals surface area contributed by atoms with E-state index in [0.29, 0.717) is 82.6 Å². The van der Waals surface area contributed by atoms with Crippen LogP contribution in [0.2, 0.25) is 0 Å². The van der Waals surface area contributed by atoms with Crippen LogP contribution in [0.1, 0.15) is 75.3 Å². The number of aromatic amines is 1. The number of rotatable bonds is 9. The van der Waals surface area contributed by atoms with Crippen LogP contribution in [-0.4, -0.2) is 140 Å². The van der Waals surface area contributed by atoms with Crippen molar-refractivity contribution in [2.24, 2.45) is 11.3 Å². The Morgan fingerprint density at radius 3 is 2.48 bits per heavy atom. The van der Waals surface area contributed by atoms with Gasteiger partial charge in [-0.1, -0.05) is 44.2 Å². The van der Waals surface area contributed by atoms with Crippen molar-refractivity contribution in [3.63, 3.8) is 0 Å². The number of carbonyl (C=O) groups is 3. The number of anilines is 1. The fourth-order valence-corrected chi connectivity index (χ4v) is 13.5. The number of hydrogen-bond acceptors (Lipinski definition) is 13. The van der Waals surface area contributed by atoms with Gasteiger partial charge in [-0.3, -0.25) is 19.4 Å². The lowest BCUT2D eigenvalue weighted by Crippen LogP contribution is -2.80. The lowest BCUT2D eigenvalue weighted by molar-refractivity contribution is -0.309. The van der Waals surface area contributed by atoms with Crippen molar-refractivity contribution in [2.75, 3.05) is 72.6 Å². The van der Waals surface area contributed by atoms with Crippen molar-refractivity contribution in [2.45, 2.75) is 99.7 Å². The van der Waals surface area contributed by atoms with E-state index in [4.69, 9.17) is 23.7 Å². The summed E-state index contributed by atoms with van der Waals surface area (Å²) < 4.78 is 29.9. The van der Waals surface area contributed by atoms with E-state index in [2.05, 4.69) is 33.0 Å². The van der Waals surface area contributed by atoms with Crippen LogP contribution in [0.25, 0.3) is 10.9 Å². The van der Waals surface area contributed by atoms with Gasteiger partial charge in [0.15, 0.2) is 6.10 Å². The molecule has 14 nitrogen and oxygen atoms in total. The Kier molecular flexibility index (Phi) is 10.2. The molecular weight excluding hydrogens is 781 g/mol. The lowest BCUT2D eigenvalue weighted by atomic mass is 9.50. The minimum Gasteiger partial charge on any atom is -0.496 e. The molecular formula is C47H60N4O10. The summed E-state index contributed by atoms with van der Waals surface area (Å²) in [5.41, 5.74) is 0.609. The highest BCUT2D eigenvalue weighted by Gasteiger charge is 2.80. The molecule has 3 N–H and O–H groups in total. The maximum atomic E-state index is 15.4. The lowest BCUT2D eigenvalue weighted by Gasteiger charge is -2.63. The van der Waals surface area contributed by atoms with Gasteiger partial charge in [0.1, 0.15) is 23.8 Å². The second kappa shape index (κ2) is 14.8. The number of nitrogens with one attached hydrogen (secondary N) is 1. The largest absolute Gasteiger partial charge is 0.496 e. The summed E-state index contributed by atoms with van der Waals surface area (Å²) in [6.07, 6.45) is 5.86. The van der Waals surface area contributed by atoms with Gasteiger partial charge in [0.25, 0.3) is 5.79 Å². The molecule has 1 spiro atoms. The third kappa shape index (κ3) is 5.81. The number of benzene rings is 2. The predicted molar refractivity (Wildman–Crippen MR) is 226 cm³/mol. The van der Waals surface area contributed by atoms with Gasteiger partial charge in [0, 0.05) is 98.0 Å². The quantitative estimate of drug-likeness (QED) is 0.123. The Bertz CT molecular complexity index is 2300. The average molecular weight is 841 g/mol.